The first kappa shape index (κ1) is 14.4. The average molecular weight is 272 g/mol. The first-order valence-corrected chi connectivity index (χ1v) is 6.80. The fourth-order valence-electron chi connectivity index (χ4n) is 2.11. The molecule has 1 aromatic rings. The van der Waals surface area contributed by atoms with Crippen LogP contribution < -0.4 is 10.1 Å². The molecule has 1 aliphatic carbocycles. The SMILES string of the molecule is C#CCNC(=O)CN(Cc1ccc(OC)cc1)C1CC1. The first-order valence-electron chi connectivity index (χ1n) is 6.80. The summed E-state index contributed by atoms with van der Waals surface area (Å²) in [4.78, 5) is 14.0. The van der Waals surface area contributed by atoms with Gasteiger partial charge in [-0.3, -0.25) is 9.69 Å². The molecule has 0 spiro atoms. The third kappa shape index (κ3) is 4.29. The number of carbonyl (C=O) groups is 1. The summed E-state index contributed by atoms with van der Waals surface area (Å²) in [5, 5.41) is 2.71. The minimum atomic E-state index is -0.0108. The van der Waals surface area contributed by atoms with Crippen molar-refractivity contribution >= 4 is 5.91 Å². The smallest absolute Gasteiger partial charge is 0.234 e. The summed E-state index contributed by atoms with van der Waals surface area (Å²) < 4.78 is 5.15. The van der Waals surface area contributed by atoms with E-state index < -0.39 is 0 Å². The minimum Gasteiger partial charge on any atom is -0.497 e. The van der Waals surface area contributed by atoms with Crippen LogP contribution in [0.3, 0.4) is 0 Å². The predicted molar refractivity (Wildman–Crippen MR) is 78.3 cm³/mol. The lowest BCUT2D eigenvalue weighted by Gasteiger charge is -2.21. The van der Waals surface area contributed by atoms with Gasteiger partial charge in [-0.15, -0.1) is 6.42 Å². The lowest BCUT2D eigenvalue weighted by atomic mass is 10.2. The van der Waals surface area contributed by atoms with Gasteiger partial charge in [0.05, 0.1) is 20.2 Å². The van der Waals surface area contributed by atoms with Gasteiger partial charge in [0.15, 0.2) is 0 Å². The number of amides is 1. The zero-order chi connectivity index (χ0) is 14.4. The average Bonchev–Trinajstić information content (AvgIpc) is 3.30. The Hall–Kier alpha value is -1.99. The quantitative estimate of drug-likeness (QED) is 0.763. The fraction of sp³-hybridized carbons (Fsp3) is 0.438. The number of nitrogens with zero attached hydrogens (tertiary/aromatic N) is 1. The van der Waals surface area contributed by atoms with Crippen LogP contribution in [0.1, 0.15) is 18.4 Å². The van der Waals surface area contributed by atoms with Gasteiger partial charge in [-0.05, 0) is 30.5 Å². The van der Waals surface area contributed by atoms with E-state index in [0.717, 1.165) is 12.3 Å². The van der Waals surface area contributed by atoms with Crippen LogP contribution in [-0.4, -0.2) is 37.0 Å². The van der Waals surface area contributed by atoms with Crippen molar-refractivity contribution in [2.75, 3.05) is 20.2 Å². The molecule has 1 amide bonds. The Labute approximate surface area is 120 Å². The van der Waals surface area contributed by atoms with Crippen molar-refractivity contribution in [2.45, 2.75) is 25.4 Å². The number of hydrogen-bond acceptors (Lipinski definition) is 3. The molecule has 1 saturated carbocycles. The van der Waals surface area contributed by atoms with Gasteiger partial charge < -0.3 is 10.1 Å². The Morgan fingerprint density at radius 1 is 1.45 bits per heavy atom. The van der Waals surface area contributed by atoms with E-state index in [1.807, 2.05) is 24.3 Å². The highest BCUT2D eigenvalue weighted by Gasteiger charge is 2.30. The van der Waals surface area contributed by atoms with Crippen LogP contribution in [0.4, 0.5) is 0 Å². The van der Waals surface area contributed by atoms with E-state index >= 15 is 0 Å². The number of nitrogens with one attached hydrogen (secondary N) is 1. The summed E-state index contributed by atoms with van der Waals surface area (Å²) in [5.74, 6) is 3.25. The summed E-state index contributed by atoms with van der Waals surface area (Å²) in [6.07, 6.45) is 7.47. The summed E-state index contributed by atoms with van der Waals surface area (Å²) >= 11 is 0. The standard InChI is InChI=1S/C16H20N2O2/c1-3-10-17-16(19)12-18(14-6-7-14)11-13-4-8-15(20-2)9-5-13/h1,4-5,8-9,14H,6-7,10-12H2,2H3,(H,17,19). The highest BCUT2D eigenvalue weighted by molar-refractivity contribution is 5.78. The molecule has 0 aliphatic heterocycles. The van der Waals surface area contributed by atoms with E-state index in [1.54, 1.807) is 7.11 Å². The maximum absolute atomic E-state index is 11.8. The van der Waals surface area contributed by atoms with Gasteiger partial charge >= 0.3 is 0 Å². The Kier molecular flexibility index (Phi) is 5.03. The van der Waals surface area contributed by atoms with E-state index in [2.05, 4.69) is 16.1 Å². The molecule has 4 nitrogen and oxygen atoms in total. The van der Waals surface area contributed by atoms with Crippen molar-refractivity contribution < 1.29 is 9.53 Å². The van der Waals surface area contributed by atoms with Crippen LogP contribution in [-0.2, 0) is 11.3 Å². The minimum absolute atomic E-state index is 0.0108. The summed E-state index contributed by atoms with van der Waals surface area (Å²) in [6.45, 7) is 1.47. The van der Waals surface area contributed by atoms with Crippen LogP contribution in [0.15, 0.2) is 24.3 Å². The molecule has 0 aromatic heterocycles. The fourth-order valence-corrected chi connectivity index (χ4v) is 2.11. The number of methoxy groups -OCH3 is 1. The monoisotopic (exact) mass is 272 g/mol. The Balaban J connectivity index is 1.91. The van der Waals surface area contributed by atoms with Gasteiger partial charge in [0.2, 0.25) is 5.91 Å². The second-order valence-corrected chi connectivity index (χ2v) is 4.97. The van der Waals surface area contributed by atoms with Gasteiger partial charge in [0, 0.05) is 12.6 Å². The summed E-state index contributed by atoms with van der Waals surface area (Å²) in [6, 6.07) is 8.48. The van der Waals surface area contributed by atoms with Gasteiger partial charge in [0.25, 0.3) is 0 Å². The van der Waals surface area contributed by atoms with Crippen LogP contribution in [0, 0.1) is 12.3 Å². The molecule has 20 heavy (non-hydrogen) atoms. The third-order valence-electron chi connectivity index (χ3n) is 3.34. The van der Waals surface area contributed by atoms with Crippen molar-refractivity contribution in [2.24, 2.45) is 0 Å². The van der Waals surface area contributed by atoms with E-state index in [0.29, 0.717) is 19.1 Å². The zero-order valence-electron chi connectivity index (χ0n) is 11.8. The molecule has 1 fully saturated rings. The first-order chi connectivity index (χ1) is 9.72. The molecule has 0 atom stereocenters. The third-order valence-corrected chi connectivity index (χ3v) is 3.34. The van der Waals surface area contributed by atoms with Crippen molar-refractivity contribution in [3.05, 3.63) is 29.8 Å². The largest absolute Gasteiger partial charge is 0.497 e. The molecule has 2 rings (SSSR count). The topological polar surface area (TPSA) is 41.6 Å². The molecule has 1 aliphatic rings. The number of rotatable bonds is 7. The van der Waals surface area contributed by atoms with E-state index in [-0.39, 0.29) is 5.91 Å². The van der Waals surface area contributed by atoms with Crippen LogP contribution in [0.2, 0.25) is 0 Å². The molecule has 0 radical (unpaired) electrons. The van der Waals surface area contributed by atoms with Gasteiger partial charge in [-0.1, -0.05) is 18.1 Å². The maximum atomic E-state index is 11.8. The Morgan fingerprint density at radius 2 is 2.15 bits per heavy atom. The molecular weight excluding hydrogens is 252 g/mol. The number of hydrogen-bond donors (Lipinski definition) is 1. The molecule has 4 heteroatoms. The highest BCUT2D eigenvalue weighted by Crippen LogP contribution is 2.28. The molecule has 0 unspecified atom stereocenters. The molecule has 106 valence electrons. The zero-order valence-corrected chi connectivity index (χ0v) is 11.8. The molecular formula is C16H20N2O2. The molecule has 0 saturated heterocycles. The van der Waals surface area contributed by atoms with Crippen molar-refractivity contribution in [1.82, 2.24) is 10.2 Å². The number of terminal acetylenes is 1. The number of benzene rings is 1. The lowest BCUT2D eigenvalue weighted by molar-refractivity contribution is -0.122. The number of carbonyl (C=O) groups excluding carboxylic acids is 1. The number of ether oxygens (including phenoxy) is 1. The molecule has 0 heterocycles. The van der Waals surface area contributed by atoms with Gasteiger partial charge in [0.1, 0.15) is 5.75 Å². The second-order valence-electron chi connectivity index (χ2n) is 4.97. The normalized spacial score (nSPS) is 13.8. The Morgan fingerprint density at radius 3 is 2.70 bits per heavy atom. The van der Waals surface area contributed by atoms with Crippen molar-refractivity contribution in [3.8, 4) is 18.1 Å². The van der Waals surface area contributed by atoms with E-state index in [1.165, 1.54) is 18.4 Å². The lowest BCUT2D eigenvalue weighted by Crippen LogP contribution is -2.38. The molecule has 1 aromatic carbocycles. The summed E-state index contributed by atoms with van der Waals surface area (Å²) in [5.41, 5.74) is 1.18. The van der Waals surface area contributed by atoms with Gasteiger partial charge in [-0.25, -0.2) is 0 Å². The van der Waals surface area contributed by atoms with E-state index in [9.17, 15) is 4.79 Å². The summed E-state index contributed by atoms with van der Waals surface area (Å²) in [7, 11) is 1.65. The highest BCUT2D eigenvalue weighted by atomic mass is 16.5. The molecule has 1 N–H and O–H groups in total. The van der Waals surface area contributed by atoms with Crippen LogP contribution >= 0.6 is 0 Å². The van der Waals surface area contributed by atoms with Crippen LogP contribution in [0.25, 0.3) is 0 Å². The molecule has 0 bridgehead atoms. The van der Waals surface area contributed by atoms with Crippen molar-refractivity contribution in [1.29, 1.82) is 0 Å². The Bertz CT molecular complexity index is 486. The maximum Gasteiger partial charge on any atom is 0.234 e. The van der Waals surface area contributed by atoms with Crippen LogP contribution in [0.5, 0.6) is 5.75 Å². The van der Waals surface area contributed by atoms with Gasteiger partial charge in [-0.2, -0.15) is 0 Å². The predicted octanol–water partition coefficient (Wildman–Crippen LogP) is 1.41. The van der Waals surface area contributed by atoms with Crippen molar-refractivity contribution in [3.63, 3.8) is 0 Å². The second kappa shape index (κ2) is 6.97. The van der Waals surface area contributed by atoms with E-state index in [4.69, 9.17) is 11.2 Å².